The molecule has 0 aromatic carbocycles. The zero-order valence-corrected chi connectivity index (χ0v) is 7.78. The van der Waals surface area contributed by atoms with Crippen LogP contribution >= 0.6 is 0 Å². The van der Waals surface area contributed by atoms with Crippen LogP contribution in [0.2, 0.25) is 0 Å². The van der Waals surface area contributed by atoms with E-state index in [0.717, 1.165) is 12.8 Å². The number of carbonyl (C=O) groups excluding carboxylic acids is 3. The van der Waals surface area contributed by atoms with Crippen LogP contribution in [0.25, 0.3) is 0 Å². The lowest BCUT2D eigenvalue weighted by Crippen LogP contribution is -2.44. The standard InChI is InChI=1S/C8H13N3O3/c9-6(12)5-10-7(13)8(14)11-3-1-2-4-11/h1-5H2,(H2,9,12)(H,10,13). The molecule has 1 rings (SSSR count). The van der Waals surface area contributed by atoms with Crippen molar-refractivity contribution in [2.75, 3.05) is 19.6 Å². The van der Waals surface area contributed by atoms with Gasteiger partial charge < -0.3 is 16.0 Å². The fraction of sp³-hybridized carbons (Fsp3) is 0.625. The SMILES string of the molecule is NC(=O)CNC(=O)C(=O)N1CCCC1. The normalized spacial score (nSPS) is 15.3. The van der Waals surface area contributed by atoms with Gasteiger partial charge in [-0.25, -0.2) is 0 Å². The van der Waals surface area contributed by atoms with Crippen molar-refractivity contribution in [2.45, 2.75) is 12.8 Å². The summed E-state index contributed by atoms with van der Waals surface area (Å²) >= 11 is 0. The first kappa shape index (κ1) is 10.5. The van der Waals surface area contributed by atoms with Crippen molar-refractivity contribution in [1.29, 1.82) is 0 Å². The Morgan fingerprint density at radius 3 is 2.29 bits per heavy atom. The summed E-state index contributed by atoms with van der Waals surface area (Å²) in [5.74, 6) is -2.00. The van der Waals surface area contributed by atoms with E-state index in [1.165, 1.54) is 4.90 Å². The average Bonchev–Trinajstić information content (AvgIpc) is 2.65. The van der Waals surface area contributed by atoms with Crippen LogP contribution in [0.4, 0.5) is 0 Å². The van der Waals surface area contributed by atoms with Gasteiger partial charge in [0, 0.05) is 13.1 Å². The average molecular weight is 199 g/mol. The molecule has 6 heteroatoms. The van der Waals surface area contributed by atoms with Crippen molar-refractivity contribution < 1.29 is 14.4 Å². The third-order valence-corrected chi connectivity index (χ3v) is 2.01. The molecule has 0 bridgehead atoms. The Balaban J connectivity index is 2.36. The molecule has 1 saturated heterocycles. The monoisotopic (exact) mass is 199 g/mol. The zero-order chi connectivity index (χ0) is 10.6. The van der Waals surface area contributed by atoms with Gasteiger partial charge in [-0.05, 0) is 12.8 Å². The number of nitrogens with two attached hydrogens (primary N) is 1. The minimum atomic E-state index is -0.759. The number of carbonyl (C=O) groups is 3. The van der Waals surface area contributed by atoms with Crippen LogP contribution in [0.1, 0.15) is 12.8 Å². The Morgan fingerprint density at radius 1 is 1.21 bits per heavy atom. The molecule has 14 heavy (non-hydrogen) atoms. The molecule has 0 spiro atoms. The van der Waals surface area contributed by atoms with E-state index in [0.29, 0.717) is 13.1 Å². The molecule has 0 aromatic rings. The van der Waals surface area contributed by atoms with Crippen LogP contribution in [0.5, 0.6) is 0 Å². The van der Waals surface area contributed by atoms with Crippen molar-refractivity contribution in [1.82, 2.24) is 10.2 Å². The summed E-state index contributed by atoms with van der Waals surface area (Å²) in [6.45, 7) is 0.935. The number of nitrogens with zero attached hydrogens (tertiary/aromatic N) is 1. The van der Waals surface area contributed by atoms with Gasteiger partial charge in [-0.2, -0.15) is 0 Å². The van der Waals surface area contributed by atoms with Gasteiger partial charge in [0.25, 0.3) is 0 Å². The maximum atomic E-state index is 11.3. The highest BCUT2D eigenvalue weighted by Crippen LogP contribution is 2.06. The first-order chi connectivity index (χ1) is 6.61. The fourth-order valence-electron chi connectivity index (χ4n) is 1.31. The highest BCUT2D eigenvalue weighted by Gasteiger charge is 2.24. The van der Waals surface area contributed by atoms with Crippen LogP contribution in [0, 0.1) is 0 Å². The molecule has 0 atom stereocenters. The molecule has 1 heterocycles. The maximum absolute atomic E-state index is 11.3. The van der Waals surface area contributed by atoms with Crippen molar-refractivity contribution in [3.8, 4) is 0 Å². The summed E-state index contributed by atoms with van der Waals surface area (Å²) in [7, 11) is 0. The lowest BCUT2D eigenvalue weighted by Gasteiger charge is -2.13. The summed E-state index contributed by atoms with van der Waals surface area (Å²) in [5, 5.41) is 2.15. The Labute approximate surface area is 81.4 Å². The van der Waals surface area contributed by atoms with E-state index in [4.69, 9.17) is 5.73 Å². The number of primary amides is 1. The number of hydrogen-bond acceptors (Lipinski definition) is 3. The fourth-order valence-corrected chi connectivity index (χ4v) is 1.31. The molecule has 0 saturated carbocycles. The Hall–Kier alpha value is -1.59. The summed E-state index contributed by atoms with van der Waals surface area (Å²) < 4.78 is 0. The molecule has 1 aliphatic heterocycles. The van der Waals surface area contributed by atoms with Crippen molar-refractivity contribution in [3.05, 3.63) is 0 Å². The number of rotatable bonds is 2. The van der Waals surface area contributed by atoms with Crippen LogP contribution in [0.15, 0.2) is 0 Å². The summed E-state index contributed by atoms with van der Waals surface area (Å²) in [6, 6.07) is 0. The third kappa shape index (κ3) is 2.72. The lowest BCUT2D eigenvalue weighted by atomic mass is 10.4. The molecule has 3 N–H and O–H groups in total. The number of nitrogens with one attached hydrogen (secondary N) is 1. The first-order valence-electron chi connectivity index (χ1n) is 4.46. The van der Waals surface area contributed by atoms with E-state index >= 15 is 0 Å². The van der Waals surface area contributed by atoms with E-state index in [2.05, 4.69) is 5.32 Å². The topological polar surface area (TPSA) is 92.5 Å². The second-order valence-corrected chi connectivity index (χ2v) is 3.15. The maximum Gasteiger partial charge on any atom is 0.311 e. The van der Waals surface area contributed by atoms with Crippen molar-refractivity contribution in [2.24, 2.45) is 5.73 Å². The van der Waals surface area contributed by atoms with E-state index in [9.17, 15) is 14.4 Å². The molecule has 0 aliphatic carbocycles. The van der Waals surface area contributed by atoms with E-state index in [1.54, 1.807) is 0 Å². The molecular weight excluding hydrogens is 186 g/mol. The Bertz CT molecular complexity index is 259. The van der Waals surface area contributed by atoms with Crippen LogP contribution in [-0.4, -0.2) is 42.3 Å². The van der Waals surface area contributed by atoms with Crippen molar-refractivity contribution >= 4 is 17.7 Å². The Kier molecular flexibility index (Phi) is 3.44. The quantitative estimate of drug-likeness (QED) is 0.514. The van der Waals surface area contributed by atoms with Crippen LogP contribution in [0.3, 0.4) is 0 Å². The van der Waals surface area contributed by atoms with Gasteiger partial charge in [0.2, 0.25) is 5.91 Å². The highest BCUT2D eigenvalue weighted by molar-refractivity contribution is 6.35. The predicted octanol–water partition coefficient (Wildman–Crippen LogP) is -1.79. The minimum absolute atomic E-state index is 0.293. The van der Waals surface area contributed by atoms with Gasteiger partial charge in [-0.1, -0.05) is 0 Å². The molecule has 0 unspecified atom stereocenters. The van der Waals surface area contributed by atoms with Gasteiger partial charge in [0.15, 0.2) is 0 Å². The largest absolute Gasteiger partial charge is 0.368 e. The molecular formula is C8H13N3O3. The lowest BCUT2D eigenvalue weighted by molar-refractivity contribution is -0.145. The van der Waals surface area contributed by atoms with Gasteiger partial charge in [-0.15, -0.1) is 0 Å². The molecule has 6 nitrogen and oxygen atoms in total. The Morgan fingerprint density at radius 2 is 1.79 bits per heavy atom. The van der Waals surface area contributed by atoms with Gasteiger partial charge in [0.1, 0.15) is 0 Å². The number of likely N-dealkylation sites (tertiary alicyclic amines) is 1. The summed E-state index contributed by atoms with van der Waals surface area (Å²) in [4.78, 5) is 34.2. The van der Waals surface area contributed by atoms with Crippen LogP contribution in [-0.2, 0) is 14.4 Å². The molecule has 78 valence electrons. The number of amides is 3. The summed E-state index contributed by atoms with van der Waals surface area (Å²) in [6.07, 6.45) is 1.85. The molecule has 1 fully saturated rings. The van der Waals surface area contributed by atoms with Crippen molar-refractivity contribution in [3.63, 3.8) is 0 Å². The zero-order valence-electron chi connectivity index (χ0n) is 7.78. The van der Waals surface area contributed by atoms with Gasteiger partial charge >= 0.3 is 11.8 Å². The second-order valence-electron chi connectivity index (χ2n) is 3.15. The minimum Gasteiger partial charge on any atom is -0.368 e. The molecule has 0 aromatic heterocycles. The molecule has 1 aliphatic rings. The van der Waals surface area contributed by atoms with E-state index < -0.39 is 17.7 Å². The number of hydrogen-bond donors (Lipinski definition) is 2. The van der Waals surface area contributed by atoms with Gasteiger partial charge in [-0.3, -0.25) is 14.4 Å². The third-order valence-electron chi connectivity index (χ3n) is 2.01. The van der Waals surface area contributed by atoms with E-state index in [1.807, 2.05) is 0 Å². The predicted molar refractivity (Wildman–Crippen MR) is 48.0 cm³/mol. The first-order valence-corrected chi connectivity index (χ1v) is 4.46. The molecule has 0 radical (unpaired) electrons. The van der Waals surface area contributed by atoms with Crippen LogP contribution < -0.4 is 11.1 Å². The molecule has 3 amide bonds. The highest BCUT2D eigenvalue weighted by atomic mass is 16.2. The van der Waals surface area contributed by atoms with E-state index in [-0.39, 0.29) is 6.54 Å². The van der Waals surface area contributed by atoms with Gasteiger partial charge in [0.05, 0.1) is 6.54 Å². The smallest absolute Gasteiger partial charge is 0.311 e. The second kappa shape index (κ2) is 4.59. The summed E-state index contributed by atoms with van der Waals surface area (Å²) in [5.41, 5.74) is 4.82.